The summed E-state index contributed by atoms with van der Waals surface area (Å²) < 4.78 is 187. The lowest BCUT2D eigenvalue weighted by atomic mass is 9.93. The van der Waals surface area contributed by atoms with E-state index in [0.29, 0.717) is 35.0 Å². The van der Waals surface area contributed by atoms with Gasteiger partial charge in [-0.05, 0) is 72.9 Å². The molecule has 0 aliphatic rings. The first-order valence-electron chi connectivity index (χ1n) is 18.9. The Hall–Kier alpha value is -4.56. The van der Waals surface area contributed by atoms with Gasteiger partial charge in [0.05, 0.1) is 12.8 Å². The maximum Gasteiger partial charge on any atom is 0.460 e. The van der Waals surface area contributed by atoms with Crippen LogP contribution in [0.3, 0.4) is 0 Å². The monoisotopic (exact) mass is 923 g/mol. The third-order valence-electron chi connectivity index (χ3n) is 10.4. The van der Waals surface area contributed by atoms with Crippen molar-refractivity contribution >= 4 is 39.0 Å². The van der Waals surface area contributed by atoms with Crippen LogP contribution in [-0.4, -0.2) is 72.6 Å². The zero-order chi connectivity index (χ0) is 45.8. The van der Waals surface area contributed by atoms with Crippen LogP contribution in [0.1, 0.15) is 34.3 Å². The molecule has 0 atom stereocenters. The number of ether oxygens (including phenoxy) is 1. The second-order valence-corrected chi connectivity index (χ2v) is 22.9. The van der Waals surface area contributed by atoms with Crippen molar-refractivity contribution in [3.8, 4) is 5.75 Å². The van der Waals surface area contributed by atoms with Gasteiger partial charge in [0.15, 0.2) is 5.78 Å². The Morgan fingerprint density at radius 3 is 1.52 bits per heavy atom. The van der Waals surface area contributed by atoms with Crippen molar-refractivity contribution in [3.63, 3.8) is 0 Å². The molecule has 0 bridgehead atoms. The van der Waals surface area contributed by atoms with E-state index in [9.17, 15) is 53.1 Å². The molecule has 5 aromatic carbocycles. The van der Waals surface area contributed by atoms with Gasteiger partial charge in [0, 0.05) is 35.3 Å². The van der Waals surface area contributed by atoms with E-state index in [1.54, 1.807) is 72.8 Å². The summed E-state index contributed by atoms with van der Waals surface area (Å²) in [5.41, 5.74) is 1.56. The van der Waals surface area contributed by atoms with Crippen molar-refractivity contribution in [2.24, 2.45) is 0 Å². The van der Waals surface area contributed by atoms with E-state index >= 15 is 8.78 Å². The van der Waals surface area contributed by atoms with E-state index in [1.165, 1.54) is 12.5 Å². The van der Waals surface area contributed by atoms with E-state index in [-0.39, 0.29) is 18.1 Å². The lowest BCUT2D eigenvalue weighted by Gasteiger charge is -2.41. The molecule has 62 heavy (non-hydrogen) atoms. The highest BCUT2D eigenvalue weighted by Crippen LogP contribution is 2.62. The van der Waals surface area contributed by atoms with Crippen LogP contribution in [0.25, 0.3) is 0 Å². The number of ketones is 1. The first-order chi connectivity index (χ1) is 28.8. The van der Waals surface area contributed by atoms with Gasteiger partial charge in [0.2, 0.25) is 0 Å². The van der Waals surface area contributed by atoms with E-state index in [2.05, 4.69) is 0 Å². The number of carbonyl (C=O) groups excluding carboxylic acids is 1. The van der Waals surface area contributed by atoms with Gasteiger partial charge in [-0.3, -0.25) is 4.79 Å². The highest BCUT2D eigenvalue weighted by Gasteiger charge is 2.90. The SMILES string of the molecule is CS(C)(CCC(F)(F)C(F)(F)C(F)(F)C(F)(F)C(F)(F)C(F)(F)F)Cc1ccccc1[P+](CCCOc1ccc(C(=O)c2ccccc2)cc1)(c1ccccc1)c1ccccc1. The highest BCUT2D eigenvalue weighted by atomic mass is 32.3. The van der Waals surface area contributed by atoms with E-state index < -0.39 is 65.3 Å². The molecular weight excluding hydrogens is 883 g/mol. The molecule has 0 radical (unpaired) electrons. The number of carbonyl (C=O) groups is 1. The number of halogens is 13. The fourth-order valence-electron chi connectivity index (χ4n) is 6.98. The minimum Gasteiger partial charge on any atom is -0.493 e. The number of hydrogen-bond donors (Lipinski definition) is 0. The molecule has 0 unspecified atom stereocenters. The summed E-state index contributed by atoms with van der Waals surface area (Å²) in [6.07, 6.45) is -5.95. The van der Waals surface area contributed by atoms with Crippen molar-refractivity contribution in [2.45, 2.75) is 54.4 Å². The molecule has 0 heterocycles. The van der Waals surface area contributed by atoms with Gasteiger partial charge in [-0.25, -0.2) is 10.0 Å². The topological polar surface area (TPSA) is 26.3 Å². The van der Waals surface area contributed by atoms with Gasteiger partial charge < -0.3 is 4.74 Å². The Morgan fingerprint density at radius 2 is 1.00 bits per heavy atom. The fourth-order valence-corrected chi connectivity index (χ4v) is 13.7. The molecule has 5 rings (SSSR count). The van der Waals surface area contributed by atoms with Crippen molar-refractivity contribution in [1.29, 1.82) is 0 Å². The summed E-state index contributed by atoms with van der Waals surface area (Å²) in [4.78, 5) is 12.9. The number of hydrogen-bond acceptors (Lipinski definition) is 2. The van der Waals surface area contributed by atoms with Crippen molar-refractivity contribution < 1.29 is 66.6 Å². The summed E-state index contributed by atoms with van der Waals surface area (Å²) >= 11 is 0. The lowest BCUT2D eigenvalue weighted by molar-refractivity contribution is -0.439. The van der Waals surface area contributed by atoms with Crippen LogP contribution >= 0.6 is 17.3 Å². The van der Waals surface area contributed by atoms with Crippen LogP contribution < -0.4 is 20.7 Å². The minimum atomic E-state index is -7.94. The largest absolute Gasteiger partial charge is 0.493 e. The zero-order valence-corrected chi connectivity index (χ0v) is 34.8. The van der Waals surface area contributed by atoms with Gasteiger partial charge in [-0.1, -0.05) is 84.9 Å². The summed E-state index contributed by atoms with van der Waals surface area (Å²) in [6.45, 7) is 0.216. The molecule has 5 aromatic rings. The highest BCUT2D eigenvalue weighted by molar-refractivity contribution is 8.32. The van der Waals surface area contributed by atoms with Gasteiger partial charge in [-0.2, -0.15) is 57.1 Å². The third-order valence-corrected chi connectivity index (χ3v) is 17.4. The number of benzene rings is 5. The molecule has 0 spiro atoms. The van der Waals surface area contributed by atoms with Crippen molar-refractivity contribution in [2.75, 3.05) is 31.0 Å². The van der Waals surface area contributed by atoms with Gasteiger partial charge >= 0.3 is 35.8 Å². The van der Waals surface area contributed by atoms with E-state index in [4.69, 9.17) is 4.74 Å². The van der Waals surface area contributed by atoms with Crippen LogP contribution in [-0.2, 0) is 5.75 Å². The second-order valence-electron chi connectivity index (χ2n) is 15.1. The van der Waals surface area contributed by atoms with E-state index in [1.807, 2.05) is 66.7 Å². The standard InChI is InChI=1S/C45H41F13O2PS/c1-62(2,30-27-40(46,47)41(48,49)42(50,51)43(52,53)44(54,55)45(56,57)58)31-34-17-12-13-22-38(34)61(36-18-8-4-9-19-36,37-20-10-5-11-21-37)29-14-28-60-35-25-23-33(24-26-35)39(59)32-15-6-3-7-16-32/h3-13,15-26H,14,27-31H2,1-2H3/q+1. The number of rotatable bonds is 19. The Kier molecular flexibility index (Phi) is 14.3. The van der Waals surface area contributed by atoms with Gasteiger partial charge in [-0.15, -0.1) is 0 Å². The summed E-state index contributed by atoms with van der Waals surface area (Å²) in [5.74, 6) is -37.7. The van der Waals surface area contributed by atoms with E-state index in [0.717, 1.165) is 15.9 Å². The molecule has 0 fully saturated rings. The Bertz CT molecular complexity index is 2210. The Balaban J connectivity index is 1.42. The first kappa shape index (κ1) is 48.5. The summed E-state index contributed by atoms with van der Waals surface area (Å²) in [7, 11) is -5.33. The maximum absolute atomic E-state index is 15.0. The summed E-state index contributed by atoms with van der Waals surface area (Å²) in [6, 6.07) is 41.1. The second kappa shape index (κ2) is 18.3. The maximum atomic E-state index is 15.0. The third kappa shape index (κ3) is 9.51. The average Bonchev–Trinajstić information content (AvgIpc) is 3.23. The minimum absolute atomic E-state index is 0.0878. The summed E-state index contributed by atoms with van der Waals surface area (Å²) in [5, 5.41) is 2.57. The molecule has 0 N–H and O–H groups in total. The van der Waals surface area contributed by atoms with Gasteiger partial charge in [0.25, 0.3) is 0 Å². The fraction of sp³-hybridized carbons (Fsp3) is 0.311. The Labute approximate surface area is 352 Å². The molecule has 0 aliphatic heterocycles. The lowest BCUT2D eigenvalue weighted by Crippen LogP contribution is -2.70. The van der Waals surface area contributed by atoms with Crippen LogP contribution in [0.2, 0.25) is 0 Å². The molecule has 0 saturated heterocycles. The quantitative estimate of drug-likeness (QED) is 0.0357. The van der Waals surface area contributed by atoms with Gasteiger partial charge in [0.1, 0.15) is 28.9 Å². The molecule has 2 nitrogen and oxygen atoms in total. The predicted molar refractivity (Wildman–Crippen MR) is 220 cm³/mol. The smallest absolute Gasteiger partial charge is 0.460 e. The van der Waals surface area contributed by atoms with Crippen molar-refractivity contribution in [3.05, 3.63) is 156 Å². The van der Waals surface area contributed by atoms with Crippen molar-refractivity contribution in [1.82, 2.24) is 0 Å². The molecule has 0 amide bonds. The molecule has 334 valence electrons. The first-order valence-corrected chi connectivity index (χ1v) is 23.6. The normalized spacial score (nSPS) is 13.8. The Morgan fingerprint density at radius 1 is 0.548 bits per heavy atom. The average molecular weight is 924 g/mol. The molecule has 0 aromatic heterocycles. The number of alkyl halides is 13. The molecular formula is C45H41F13O2PS+. The van der Waals surface area contributed by atoms with Crippen LogP contribution in [0, 0.1) is 0 Å². The molecule has 0 aliphatic carbocycles. The van der Waals surface area contributed by atoms with Crippen LogP contribution in [0.5, 0.6) is 5.75 Å². The molecule has 0 saturated carbocycles. The zero-order valence-electron chi connectivity index (χ0n) is 33.1. The predicted octanol–water partition coefficient (Wildman–Crippen LogP) is 12.4. The van der Waals surface area contributed by atoms with Crippen LogP contribution in [0.15, 0.2) is 140 Å². The molecule has 17 heteroatoms. The van der Waals surface area contributed by atoms with Crippen LogP contribution in [0.4, 0.5) is 57.1 Å².